The molecule has 0 saturated carbocycles. The summed E-state index contributed by atoms with van der Waals surface area (Å²) in [6.45, 7) is -0.693. The summed E-state index contributed by atoms with van der Waals surface area (Å²) >= 11 is 2.03. The smallest absolute Gasteiger partial charge is 0.342 e. The van der Waals surface area contributed by atoms with Crippen LogP contribution in [-0.2, 0) is 19.6 Å². The standard InChI is InChI=1S/C20H14N4O8S3/c25-15-8-11(23-35(30,31)18-2-1-7-33-18)3-5-13(15)19(27)32-10-17(26)22-20-21-14-6-4-12(24(28)29)9-16(14)34-20/h1-9,23,25H,10H2,(H,21,22,26). The summed E-state index contributed by atoms with van der Waals surface area (Å²) < 4.78 is 32.3. The number of nitro groups is 1. The van der Waals surface area contributed by atoms with Gasteiger partial charge in [0.05, 0.1) is 20.8 Å². The Labute approximate surface area is 205 Å². The Hall–Kier alpha value is -4.08. The van der Waals surface area contributed by atoms with Gasteiger partial charge in [-0.05, 0) is 29.6 Å². The summed E-state index contributed by atoms with van der Waals surface area (Å²) in [4.78, 5) is 38.9. The van der Waals surface area contributed by atoms with Crippen molar-refractivity contribution in [1.82, 2.24) is 4.98 Å². The van der Waals surface area contributed by atoms with Gasteiger partial charge in [-0.25, -0.2) is 18.2 Å². The fourth-order valence-corrected chi connectivity index (χ4v) is 5.79. The molecule has 2 aromatic carbocycles. The Morgan fingerprint density at radius 2 is 1.97 bits per heavy atom. The predicted molar refractivity (Wildman–Crippen MR) is 128 cm³/mol. The van der Waals surface area contributed by atoms with E-state index in [-0.39, 0.29) is 26.3 Å². The van der Waals surface area contributed by atoms with E-state index in [2.05, 4.69) is 15.0 Å². The predicted octanol–water partition coefficient (Wildman–Crippen LogP) is 3.57. The van der Waals surface area contributed by atoms with Crippen molar-refractivity contribution < 1.29 is 32.8 Å². The number of nitro benzene ring substituents is 1. The highest BCUT2D eigenvalue weighted by molar-refractivity contribution is 7.94. The quantitative estimate of drug-likeness (QED) is 0.173. The van der Waals surface area contributed by atoms with E-state index in [0.717, 1.165) is 34.8 Å². The van der Waals surface area contributed by atoms with Gasteiger partial charge in [0.1, 0.15) is 15.5 Å². The number of nitrogens with one attached hydrogen (secondary N) is 2. The van der Waals surface area contributed by atoms with E-state index < -0.39 is 39.2 Å². The van der Waals surface area contributed by atoms with Crippen LogP contribution in [0.3, 0.4) is 0 Å². The van der Waals surface area contributed by atoms with Gasteiger partial charge in [0, 0.05) is 18.2 Å². The molecule has 0 aliphatic rings. The normalized spacial score (nSPS) is 11.2. The molecule has 0 bridgehead atoms. The van der Waals surface area contributed by atoms with Crippen LogP contribution in [0.5, 0.6) is 5.75 Å². The van der Waals surface area contributed by atoms with Crippen molar-refractivity contribution in [2.45, 2.75) is 4.21 Å². The Kier molecular flexibility index (Phi) is 6.63. The number of benzene rings is 2. The van der Waals surface area contributed by atoms with Crippen LogP contribution in [0.2, 0.25) is 0 Å². The Morgan fingerprint density at radius 1 is 1.17 bits per heavy atom. The molecule has 0 atom stereocenters. The van der Waals surface area contributed by atoms with Crippen molar-refractivity contribution in [2.24, 2.45) is 0 Å². The minimum Gasteiger partial charge on any atom is -0.507 e. The summed E-state index contributed by atoms with van der Waals surface area (Å²) in [5.41, 5.74) is 0.0937. The molecular formula is C20H14N4O8S3. The number of hydrogen-bond donors (Lipinski definition) is 3. The third-order valence-electron chi connectivity index (χ3n) is 4.39. The number of phenolic OH excluding ortho intramolecular Hbond substituents is 1. The molecule has 0 aliphatic carbocycles. The van der Waals surface area contributed by atoms with E-state index >= 15 is 0 Å². The van der Waals surface area contributed by atoms with E-state index in [1.165, 1.54) is 30.3 Å². The molecule has 0 aliphatic heterocycles. The van der Waals surface area contributed by atoms with Crippen LogP contribution in [0.25, 0.3) is 10.2 Å². The number of hydrogen-bond acceptors (Lipinski definition) is 11. The highest BCUT2D eigenvalue weighted by Gasteiger charge is 2.19. The van der Waals surface area contributed by atoms with Crippen LogP contribution >= 0.6 is 22.7 Å². The van der Waals surface area contributed by atoms with Crippen molar-refractivity contribution in [1.29, 1.82) is 0 Å². The number of aromatic hydroxyl groups is 1. The number of amides is 1. The number of thiazole rings is 1. The summed E-state index contributed by atoms with van der Waals surface area (Å²) in [5.74, 6) is -2.27. The molecule has 0 fully saturated rings. The number of fused-ring (bicyclic) bond motifs is 1. The lowest BCUT2D eigenvalue weighted by molar-refractivity contribution is -0.384. The molecule has 1 amide bonds. The number of carbonyl (C=O) groups is 2. The SMILES string of the molecule is O=C(COC(=O)c1ccc(NS(=O)(=O)c2cccs2)cc1O)Nc1nc2ccc([N+](=O)[O-])cc2s1. The van der Waals surface area contributed by atoms with E-state index in [1.54, 1.807) is 11.4 Å². The summed E-state index contributed by atoms with van der Waals surface area (Å²) in [6.07, 6.45) is 0. The average molecular weight is 535 g/mol. The van der Waals surface area contributed by atoms with Gasteiger partial charge in [-0.1, -0.05) is 17.4 Å². The number of esters is 1. The number of nitrogens with zero attached hydrogens (tertiary/aromatic N) is 2. The lowest BCUT2D eigenvalue weighted by Crippen LogP contribution is -2.21. The second-order valence-electron chi connectivity index (χ2n) is 6.82. The number of thiophene rings is 1. The molecule has 4 aromatic rings. The number of sulfonamides is 1. The second kappa shape index (κ2) is 9.65. The lowest BCUT2D eigenvalue weighted by atomic mass is 10.2. The van der Waals surface area contributed by atoms with Crippen molar-refractivity contribution in [3.05, 3.63) is 69.6 Å². The number of ether oxygens (including phenoxy) is 1. The van der Waals surface area contributed by atoms with Gasteiger partial charge in [0.2, 0.25) is 0 Å². The van der Waals surface area contributed by atoms with Crippen LogP contribution < -0.4 is 10.0 Å². The van der Waals surface area contributed by atoms with Crippen LogP contribution in [0, 0.1) is 10.1 Å². The first-order valence-corrected chi connectivity index (χ1v) is 12.7. The molecule has 15 heteroatoms. The number of rotatable bonds is 8. The zero-order valence-corrected chi connectivity index (χ0v) is 19.8. The molecule has 12 nitrogen and oxygen atoms in total. The zero-order valence-electron chi connectivity index (χ0n) is 17.3. The maximum absolute atomic E-state index is 12.3. The first-order chi connectivity index (χ1) is 16.6. The van der Waals surface area contributed by atoms with Gasteiger partial charge >= 0.3 is 5.97 Å². The van der Waals surface area contributed by atoms with Crippen LogP contribution in [0.1, 0.15) is 10.4 Å². The molecule has 0 saturated heterocycles. The van der Waals surface area contributed by atoms with E-state index in [0.29, 0.717) is 10.2 Å². The molecule has 2 aromatic heterocycles. The van der Waals surface area contributed by atoms with E-state index in [9.17, 15) is 33.2 Å². The third-order valence-corrected chi connectivity index (χ3v) is 8.11. The van der Waals surface area contributed by atoms with Gasteiger partial charge in [-0.3, -0.25) is 24.9 Å². The minimum atomic E-state index is -3.84. The molecule has 0 unspecified atom stereocenters. The molecule has 35 heavy (non-hydrogen) atoms. The first-order valence-electron chi connectivity index (χ1n) is 9.54. The molecule has 4 rings (SSSR count). The highest BCUT2D eigenvalue weighted by atomic mass is 32.2. The number of anilines is 2. The van der Waals surface area contributed by atoms with E-state index in [1.807, 2.05) is 0 Å². The number of aromatic nitrogens is 1. The lowest BCUT2D eigenvalue weighted by Gasteiger charge is -2.09. The third kappa shape index (κ3) is 5.53. The van der Waals surface area contributed by atoms with Gasteiger partial charge in [-0.15, -0.1) is 11.3 Å². The van der Waals surface area contributed by atoms with Crippen molar-refractivity contribution in [2.75, 3.05) is 16.6 Å². The Balaban J connectivity index is 1.36. The number of non-ortho nitro benzene ring substituents is 1. The molecule has 0 spiro atoms. The van der Waals surface area contributed by atoms with Crippen LogP contribution in [0.4, 0.5) is 16.5 Å². The molecular weight excluding hydrogens is 520 g/mol. The van der Waals surface area contributed by atoms with Gasteiger partial charge in [-0.2, -0.15) is 0 Å². The Morgan fingerprint density at radius 3 is 2.66 bits per heavy atom. The average Bonchev–Trinajstić information content (AvgIpc) is 3.47. The molecule has 2 heterocycles. The highest BCUT2D eigenvalue weighted by Crippen LogP contribution is 2.29. The largest absolute Gasteiger partial charge is 0.507 e. The van der Waals surface area contributed by atoms with Crippen molar-refractivity contribution >= 4 is 71.3 Å². The molecule has 180 valence electrons. The fraction of sp³-hybridized carbons (Fsp3) is 0.0500. The first kappa shape index (κ1) is 24.1. The summed E-state index contributed by atoms with van der Waals surface area (Å²) in [6, 6.07) is 10.5. The van der Waals surface area contributed by atoms with Crippen LogP contribution in [-0.4, -0.2) is 41.9 Å². The second-order valence-corrected chi connectivity index (χ2v) is 10.7. The van der Waals surface area contributed by atoms with Crippen molar-refractivity contribution in [3.63, 3.8) is 0 Å². The van der Waals surface area contributed by atoms with Crippen LogP contribution in [0.15, 0.2) is 58.1 Å². The maximum atomic E-state index is 12.3. The summed E-state index contributed by atoms with van der Waals surface area (Å²) in [5, 5.41) is 25.2. The van der Waals surface area contributed by atoms with E-state index in [4.69, 9.17) is 4.74 Å². The number of phenols is 1. The molecule has 3 N–H and O–H groups in total. The van der Waals surface area contributed by atoms with Gasteiger partial charge in [0.25, 0.3) is 21.6 Å². The topological polar surface area (TPSA) is 178 Å². The van der Waals surface area contributed by atoms with Gasteiger partial charge < -0.3 is 9.84 Å². The minimum absolute atomic E-state index is 0.0289. The molecule has 0 radical (unpaired) electrons. The Bertz CT molecular complexity index is 1550. The fourth-order valence-electron chi connectivity index (χ4n) is 2.83. The zero-order chi connectivity index (χ0) is 25.2. The monoisotopic (exact) mass is 534 g/mol. The maximum Gasteiger partial charge on any atom is 0.342 e. The summed E-state index contributed by atoms with van der Waals surface area (Å²) in [7, 11) is -3.84. The van der Waals surface area contributed by atoms with Gasteiger partial charge in [0.15, 0.2) is 11.7 Å². The van der Waals surface area contributed by atoms with Crippen molar-refractivity contribution in [3.8, 4) is 5.75 Å². The number of carbonyl (C=O) groups excluding carboxylic acids is 2.